The lowest BCUT2D eigenvalue weighted by Gasteiger charge is -2.25. The van der Waals surface area contributed by atoms with Crippen LogP contribution in [0.15, 0.2) is 83.3 Å². The summed E-state index contributed by atoms with van der Waals surface area (Å²) in [6, 6.07) is 18.8. The zero-order chi connectivity index (χ0) is 28.0. The van der Waals surface area contributed by atoms with Crippen molar-refractivity contribution < 1.29 is 27.7 Å². The lowest BCUT2D eigenvalue weighted by molar-refractivity contribution is -0.384. The van der Waals surface area contributed by atoms with Gasteiger partial charge in [0.15, 0.2) is 21.5 Å². The second kappa shape index (κ2) is 12.0. The Morgan fingerprint density at radius 3 is 2.41 bits per heavy atom. The van der Waals surface area contributed by atoms with E-state index in [1.807, 2.05) is 0 Å². The lowest BCUT2D eigenvalue weighted by Crippen LogP contribution is -2.49. The Labute approximate surface area is 224 Å². The number of nitrogens with one attached hydrogen (secondary N) is 2. The van der Waals surface area contributed by atoms with Gasteiger partial charge in [0.25, 0.3) is 5.69 Å². The fourth-order valence-corrected chi connectivity index (χ4v) is 5.70. The number of para-hydroxylation sites is 4. The number of amides is 1. The van der Waals surface area contributed by atoms with Gasteiger partial charge in [-0.15, -0.1) is 0 Å². The number of aliphatic hydroxyl groups is 1. The summed E-state index contributed by atoms with van der Waals surface area (Å²) in [7, 11) is -3.85. The van der Waals surface area contributed by atoms with E-state index in [0.717, 1.165) is 0 Å². The molecule has 4 rings (SSSR count). The SMILES string of the molecule is CC[C@H](NC(=O)[C@H](CS(=O)(=O)Cc1ccccc1)Nc1ccccc1[N+](=O)[O-])C(O)c1nc2ccccc2o1. The molecule has 1 heterocycles. The number of nitro groups is 1. The van der Waals surface area contributed by atoms with E-state index in [4.69, 9.17) is 4.42 Å². The van der Waals surface area contributed by atoms with E-state index >= 15 is 0 Å². The van der Waals surface area contributed by atoms with Gasteiger partial charge in [-0.3, -0.25) is 14.9 Å². The normalized spacial score (nSPS) is 13.9. The number of aromatic nitrogens is 1. The minimum atomic E-state index is -3.85. The van der Waals surface area contributed by atoms with Crippen LogP contribution in [0.5, 0.6) is 0 Å². The molecule has 12 heteroatoms. The highest BCUT2D eigenvalue weighted by atomic mass is 32.2. The zero-order valence-electron chi connectivity index (χ0n) is 21.1. The highest BCUT2D eigenvalue weighted by Gasteiger charge is 2.32. The quantitative estimate of drug-likeness (QED) is 0.175. The Kier molecular flexibility index (Phi) is 8.57. The van der Waals surface area contributed by atoms with Gasteiger partial charge in [-0.2, -0.15) is 0 Å². The lowest BCUT2D eigenvalue weighted by atomic mass is 10.1. The number of nitrogens with zero attached hydrogens (tertiary/aromatic N) is 2. The fourth-order valence-electron chi connectivity index (χ4n) is 4.14. The van der Waals surface area contributed by atoms with E-state index in [2.05, 4.69) is 15.6 Å². The van der Waals surface area contributed by atoms with E-state index in [-0.39, 0.29) is 29.4 Å². The van der Waals surface area contributed by atoms with Crippen molar-refractivity contribution in [3.8, 4) is 0 Å². The largest absolute Gasteiger partial charge is 0.438 e. The average molecular weight is 553 g/mol. The highest BCUT2D eigenvalue weighted by Crippen LogP contribution is 2.26. The molecule has 3 N–H and O–H groups in total. The first-order valence-corrected chi connectivity index (χ1v) is 14.1. The number of aliphatic hydroxyl groups excluding tert-OH is 1. The van der Waals surface area contributed by atoms with Crippen LogP contribution in [0.2, 0.25) is 0 Å². The molecule has 0 fully saturated rings. The number of rotatable bonds is 12. The van der Waals surface area contributed by atoms with Gasteiger partial charge in [0.05, 0.1) is 22.5 Å². The van der Waals surface area contributed by atoms with Gasteiger partial charge in [0.1, 0.15) is 17.2 Å². The Balaban J connectivity index is 1.59. The van der Waals surface area contributed by atoms with Crippen LogP contribution in [0.1, 0.15) is 30.9 Å². The number of nitro benzene ring substituents is 1. The standard InChI is InChI=1S/C27H28N4O7S/c1-2-19(25(32)27-30-21-13-7-9-15-24(21)38-27)29-26(33)22(28-20-12-6-8-14-23(20)31(34)35)17-39(36,37)16-18-10-4-3-5-11-18/h3-15,19,22,25,28,32H,2,16-17H2,1H3,(H,29,33)/t19-,22-,25?/m0/s1. The van der Waals surface area contributed by atoms with E-state index in [9.17, 15) is 28.4 Å². The van der Waals surface area contributed by atoms with Crippen molar-refractivity contribution >= 4 is 38.2 Å². The van der Waals surface area contributed by atoms with Crippen LogP contribution in [0.25, 0.3) is 11.1 Å². The third-order valence-electron chi connectivity index (χ3n) is 6.11. The average Bonchev–Trinajstić information content (AvgIpc) is 3.35. The second-order valence-electron chi connectivity index (χ2n) is 9.00. The van der Waals surface area contributed by atoms with Crippen molar-refractivity contribution in [2.75, 3.05) is 11.1 Å². The molecule has 0 bridgehead atoms. The van der Waals surface area contributed by atoms with Gasteiger partial charge in [0, 0.05) is 6.07 Å². The third kappa shape index (κ3) is 6.98. The van der Waals surface area contributed by atoms with Crippen LogP contribution in [-0.4, -0.2) is 47.2 Å². The molecule has 0 aliphatic carbocycles. The number of carbonyl (C=O) groups excluding carboxylic acids is 1. The topological polar surface area (TPSA) is 165 Å². The second-order valence-corrected chi connectivity index (χ2v) is 11.1. The fraction of sp³-hybridized carbons (Fsp3) is 0.259. The molecule has 1 amide bonds. The van der Waals surface area contributed by atoms with Crippen molar-refractivity contribution in [2.45, 2.75) is 37.3 Å². The van der Waals surface area contributed by atoms with Crippen LogP contribution in [-0.2, 0) is 20.4 Å². The predicted molar refractivity (Wildman–Crippen MR) is 146 cm³/mol. The van der Waals surface area contributed by atoms with Crippen molar-refractivity contribution in [3.63, 3.8) is 0 Å². The van der Waals surface area contributed by atoms with E-state index in [0.29, 0.717) is 16.7 Å². The molecule has 1 aromatic heterocycles. The summed E-state index contributed by atoms with van der Waals surface area (Å²) in [4.78, 5) is 28.7. The molecule has 0 spiro atoms. The Hall–Kier alpha value is -4.29. The molecular formula is C27H28N4O7S. The monoisotopic (exact) mass is 552 g/mol. The van der Waals surface area contributed by atoms with Crippen LogP contribution in [0.3, 0.4) is 0 Å². The Morgan fingerprint density at radius 2 is 1.72 bits per heavy atom. The van der Waals surface area contributed by atoms with Crippen LogP contribution < -0.4 is 10.6 Å². The maximum atomic E-state index is 13.5. The first kappa shape index (κ1) is 27.7. The van der Waals surface area contributed by atoms with Crippen molar-refractivity contribution in [2.24, 2.45) is 0 Å². The molecule has 3 aromatic carbocycles. The van der Waals surface area contributed by atoms with Gasteiger partial charge in [0.2, 0.25) is 11.8 Å². The summed E-state index contributed by atoms with van der Waals surface area (Å²) in [6.45, 7) is 1.73. The molecular weight excluding hydrogens is 524 g/mol. The number of benzene rings is 3. The van der Waals surface area contributed by atoms with Gasteiger partial charge < -0.3 is 20.2 Å². The van der Waals surface area contributed by atoms with E-state index < -0.39 is 44.6 Å². The van der Waals surface area contributed by atoms with Crippen LogP contribution in [0, 0.1) is 10.1 Å². The van der Waals surface area contributed by atoms with Gasteiger partial charge >= 0.3 is 0 Å². The van der Waals surface area contributed by atoms with E-state index in [1.54, 1.807) is 61.5 Å². The summed E-state index contributed by atoms with van der Waals surface area (Å²) in [5.74, 6) is -1.72. The third-order valence-corrected chi connectivity index (χ3v) is 7.72. The molecule has 0 saturated heterocycles. The number of carbonyl (C=O) groups is 1. The number of oxazole rings is 1. The number of hydrogen-bond donors (Lipinski definition) is 3. The smallest absolute Gasteiger partial charge is 0.292 e. The first-order chi connectivity index (χ1) is 18.7. The summed E-state index contributed by atoms with van der Waals surface area (Å²) in [6.07, 6.45) is -1.06. The number of hydrogen-bond acceptors (Lipinski definition) is 9. The van der Waals surface area contributed by atoms with Crippen molar-refractivity contribution in [1.82, 2.24) is 10.3 Å². The van der Waals surface area contributed by atoms with Crippen molar-refractivity contribution in [3.05, 3.63) is 100 Å². The van der Waals surface area contributed by atoms with Crippen LogP contribution in [0.4, 0.5) is 11.4 Å². The Bertz CT molecular complexity index is 1520. The van der Waals surface area contributed by atoms with Gasteiger partial charge in [-0.1, -0.05) is 61.5 Å². The summed E-state index contributed by atoms with van der Waals surface area (Å²) >= 11 is 0. The molecule has 0 aliphatic rings. The minimum Gasteiger partial charge on any atom is -0.438 e. The Morgan fingerprint density at radius 1 is 1.05 bits per heavy atom. The summed E-state index contributed by atoms with van der Waals surface area (Å²) in [5.41, 5.74) is 1.23. The molecule has 1 unspecified atom stereocenters. The predicted octanol–water partition coefficient (Wildman–Crippen LogP) is 3.76. The maximum absolute atomic E-state index is 13.5. The molecule has 11 nitrogen and oxygen atoms in total. The molecule has 0 aliphatic heterocycles. The van der Waals surface area contributed by atoms with Gasteiger partial charge in [-0.25, -0.2) is 13.4 Å². The van der Waals surface area contributed by atoms with E-state index in [1.165, 1.54) is 24.3 Å². The molecule has 0 saturated carbocycles. The van der Waals surface area contributed by atoms with Gasteiger partial charge in [-0.05, 0) is 30.2 Å². The van der Waals surface area contributed by atoms with Crippen LogP contribution >= 0.6 is 0 Å². The highest BCUT2D eigenvalue weighted by molar-refractivity contribution is 7.90. The number of anilines is 1. The molecule has 0 radical (unpaired) electrons. The molecule has 4 aromatic rings. The molecule has 204 valence electrons. The summed E-state index contributed by atoms with van der Waals surface area (Å²) in [5, 5.41) is 27.9. The first-order valence-electron chi connectivity index (χ1n) is 12.2. The van der Waals surface area contributed by atoms with Crippen molar-refractivity contribution in [1.29, 1.82) is 0 Å². The number of fused-ring (bicyclic) bond motifs is 1. The maximum Gasteiger partial charge on any atom is 0.292 e. The summed E-state index contributed by atoms with van der Waals surface area (Å²) < 4.78 is 31.9. The number of sulfone groups is 1. The molecule has 3 atom stereocenters. The minimum absolute atomic E-state index is 0.00301. The zero-order valence-corrected chi connectivity index (χ0v) is 21.9. The molecule has 39 heavy (non-hydrogen) atoms.